The number of para-hydroxylation sites is 1. The lowest BCUT2D eigenvalue weighted by atomic mass is 10.1. The summed E-state index contributed by atoms with van der Waals surface area (Å²) in [5.41, 5.74) is 0.843. The van der Waals surface area contributed by atoms with Crippen LogP contribution in [0.2, 0.25) is 0 Å². The summed E-state index contributed by atoms with van der Waals surface area (Å²) in [6, 6.07) is 10.8. The molecule has 0 spiro atoms. The van der Waals surface area contributed by atoms with Crippen LogP contribution < -0.4 is 9.64 Å². The van der Waals surface area contributed by atoms with E-state index in [1.165, 1.54) is 17.8 Å². The van der Waals surface area contributed by atoms with Gasteiger partial charge in [0.15, 0.2) is 11.6 Å². The fourth-order valence-corrected chi connectivity index (χ4v) is 5.62. The van der Waals surface area contributed by atoms with Gasteiger partial charge >= 0.3 is 5.97 Å². The minimum Gasteiger partial charge on any atom is -0.476 e. The highest BCUT2D eigenvalue weighted by Gasteiger charge is 2.38. The molecule has 8 nitrogen and oxygen atoms in total. The Kier molecular flexibility index (Phi) is 8.24. The fourth-order valence-electron chi connectivity index (χ4n) is 3.57. The van der Waals surface area contributed by atoms with Crippen LogP contribution in [0.5, 0.6) is 5.75 Å². The van der Waals surface area contributed by atoms with E-state index in [4.69, 9.17) is 9.84 Å². The van der Waals surface area contributed by atoms with Gasteiger partial charge in [-0.2, -0.15) is 4.39 Å². The van der Waals surface area contributed by atoms with Gasteiger partial charge in [0.05, 0.1) is 0 Å². The zero-order valence-corrected chi connectivity index (χ0v) is 20.3. The highest BCUT2D eigenvalue weighted by molar-refractivity contribution is 8.22. The van der Waals surface area contributed by atoms with Gasteiger partial charge in [-0.15, -0.1) is 22.5 Å². The van der Waals surface area contributed by atoms with Crippen molar-refractivity contribution < 1.29 is 28.1 Å². The van der Waals surface area contributed by atoms with E-state index in [-0.39, 0.29) is 16.7 Å². The molecule has 0 aliphatic carbocycles. The minimum absolute atomic E-state index is 0.0334. The van der Waals surface area contributed by atoms with Crippen molar-refractivity contribution in [3.8, 4) is 5.75 Å². The van der Waals surface area contributed by atoms with Gasteiger partial charge < -0.3 is 14.7 Å². The van der Waals surface area contributed by atoms with Crippen LogP contribution in [0.15, 0.2) is 58.4 Å². The van der Waals surface area contributed by atoms with Crippen LogP contribution in [0, 0.1) is 0 Å². The zero-order valence-electron chi connectivity index (χ0n) is 18.6. The third kappa shape index (κ3) is 5.44. The number of carboxylic acids is 1. The maximum absolute atomic E-state index is 13.5. The number of fused-ring (bicyclic) bond motifs is 1. The predicted molar refractivity (Wildman–Crippen MR) is 129 cm³/mol. The molecule has 2 heterocycles. The summed E-state index contributed by atoms with van der Waals surface area (Å²) in [5, 5.41) is 9.12. The number of ether oxygens (including phenoxy) is 1. The maximum Gasteiger partial charge on any atom is 0.368 e. The number of anilines is 2. The summed E-state index contributed by atoms with van der Waals surface area (Å²) >= 11 is 1.22. The number of carboxylic acid groups (broad SMARTS) is 1. The number of benzene rings is 1. The summed E-state index contributed by atoms with van der Waals surface area (Å²) in [5.74, 6) is -2.84. The van der Waals surface area contributed by atoms with Crippen molar-refractivity contribution in [1.82, 2.24) is 9.29 Å². The third-order valence-electron chi connectivity index (χ3n) is 5.41. The summed E-state index contributed by atoms with van der Waals surface area (Å²) in [6.07, 6.45) is 4.86. The number of thioether (sulfide) groups is 1. The van der Waals surface area contributed by atoms with Crippen LogP contribution in [-0.2, 0) is 4.79 Å². The lowest BCUT2D eigenvalue weighted by molar-refractivity contribution is -0.134. The molecule has 0 fully saturated rings. The Bertz CT molecular complexity index is 1020. The first-order valence-corrected chi connectivity index (χ1v) is 13.1. The number of nitrogens with zero attached hydrogens (tertiary/aromatic N) is 3. The Hall–Kier alpha value is -2.31. The summed E-state index contributed by atoms with van der Waals surface area (Å²) < 4.78 is 43.0. The van der Waals surface area contributed by atoms with Gasteiger partial charge in [0.25, 0.3) is 0 Å². The van der Waals surface area contributed by atoms with Crippen molar-refractivity contribution in [3.05, 3.63) is 48.5 Å². The number of aliphatic carboxylic acids is 1. The highest BCUT2D eigenvalue weighted by Crippen LogP contribution is 2.59. The van der Waals surface area contributed by atoms with E-state index in [2.05, 4.69) is 11.9 Å². The van der Waals surface area contributed by atoms with E-state index in [9.17, 15) is 18.3 Å². The Morgan fingerprint density at radius 2 is 2.06 bits per heavy atom. The van der Waals surface area contributed by atoms with E-state index in [1.54, 1.807) is 17.6 Å². The van der Waals surface area contributed by atoms with Gasteiger partial charge in [-0.05, 0) is 24.8 Å². The molecule has 0 radical (unpaired) electrons. The Balaban J connectivity index is 2.19. The Morgan fingerprint density at radius 1 is 1.36 bits per heavy atom. The molecule has 3 N–H and O–H groups in total. The summed E-state index contributed by atoms with van der Waals surface area (Å²) in [4.78, 5) is 17.5. The average Bonchev–Trinajstić information content (AvgIpc) is 2.89. The van der Waals surface area contributed by atoms with Gasteiger partial charge in [0, 0.05) is 31.4 Å². The summed E-state index contributed by atoms with van der Waals surface area (Å²) in [7, 11) is -1.80. The first kappa shape index (κ1) is 25.3. The number of pyridine rings is 1. The lowest BCUT2D eigenvalue weighted by Gasteiger charge is -2.43. The van der Waals surface area contributed by atoms with Crippen LogP contribution in [0.1, 0.15) is 26.2 Å². The molecule has 1 aromatic carbocycles. The third-order valence-corrected chi connectivity index (χ3v) is 8.08. The van der Waals surface area contributed by atoms with Crippen LogP contribution in [0.3, 0.4) is 0 Å². The first-order chi connectivity index (χ1) is 15.7. The second-order valence-electron chi connectivity index (χ2n) is 7.51. The average molecular weight is 498 g/mol. The lowest BCUT2D eigenvalue weighted by Crippen LogP contribution is -2.39. The van der Waals surface area contributed by atoms with E-state index in [1.807, 2.05) is 35.2 Å². The molecule has 3 rings (SSSR count). The Morgan fingerprint density at radius 3 is 2.67 bits per heavy atom. The van der Waals surface area contributed by atoms with Gasteiger partial charge in [0.1, 0.15) is 16.2 Å². The number of halogens is 1. The normalized spacial score (nSPS) is 19.5. The molecule has 0 saturated carbocycles. The van der Waals surface area contributed by atoms with Crippen molar-refractivity contribution in [2.45, 2.75) is 42.1 Å². The minimum atomic E-state index is -3.47. The number of carbonyl (C=O) groups is 1. The van der Waals surface area contributed by atoms with Gasteiger partial charge in [-0.1, -0.05) is 38.0 Å². The molecule has 11 heteroatoms. The molecule has 0 saturated heterocycles. The molecule has 1 unspecified atom stereocenters. The number of unbranched alkanes of at least 4 members (excludes halogenated alkanes) is 1. The first-order valence-electron chi connectivity index (χ1n) is 10.4. The molecule has 0 bridgehead atoms. The number of hydrogen-bond acceptors (Lipinski definition) is 8. The predicted octanol–water partition coefficient (Wildman–Crippen LogP) is 5.74. The molecule has 1 aromatic heterocycles. The molecule has 180 valence electrons. The highest BCUT2D eigenvalue weighted by atomic mass is 32.3. The fraction of sp³-hybridized carbons (Fsp3) is 0.364. The van der Waals surface area contributed by atoms with Crippen LogP contribution >= 0.6 is 22.5 Å². The van der Waals surface area contributed by atoms with Crippen molar-refractivity contribution in [1.29, 1.82) is 0 Å². The molecular formula is C22H28FN3O5S2. The number of hydrogen-bond donors (Lipinski definition) is 3. The van der Waals surface area contributed by atoms with Crippen LogP contribution in [0.4, 0.5) is 15.9 Å². The second-order valence-corrected chi connectivity index (χ2v) is 10.4. The van der Waals surface area contributed by atoms with Crippen molar-refractivity contribution in [2.24, 2.45) is 0 Å². The van der Waals surface area contributed by atoms with Gasteiger partial charge in [-0.25, -0.2) is 14.1 Å². The standard InChI is InChI=1S/C22H28FN3O5S2/c1-4-5-9-16-13-26(15-10-7-6-8-11-15)20-19(33(29,30)25(16)2)12-18(21(24-20)32-3)31-14-17(23)22(27)28/h6-8,10-12,14,16,29-30H,4-5,9,13H2,1-3H3,(H,27,28). The van der Waals surface area contributed by atoms with Crippen LogP contribution in [0.25, 0.3) is 0 Å². The molecule has 1 aliphatic heterocycles. The molecule has 33 heavy (non-hydrogen) atoms. The SMILES string of the molecule is CCCCC1CN(c2ccccc2)c2nc(SC)c(OC=C(F)C(=O)O)cc2S(O)(O)N1C. The number of rotatable bonds is 8. The van der Waals surface area contributed by atoms with E-state index < -0.39 is 22.6 Å². The van der Waals surface area contributed by atoms with Gasteiger partial charge in [-0.3, -0.25) is 9.11 Å². The second kappa shape index (κ2) is 10.7. The maximum atomic E-state index is 13.5. The van der Waals surface area contributed by atoms with Crippen LogP contribution in [-0.4, -0.2) is 55.4 Å². The smallest absolute Gasteiger partial charge is 0.368 e. The van der Waals surface area contributed by atoms with E-state index >= 15 is 0 Å². The van der Waals surface area contributed by atoms with E-state index in [0.717, 1.165) is 24.9 Å². The molecule has 0 amide bonds. The molecular weight excluding hydrogens is 469 g/mol. The molecule has 1 aliphatic rings. The largest absolute Gasteiger partial charge is 0.476 e. The van der Waals surface area contributed by atoms with Crippen molar-refractivity contribution in [3.63, 3.8) is 0 Å². The topological polar surface area (TPSA) is 106 Å². The number of likely N-dealkylation sites (N-methyl/N-ethyl adjacent to an activating group) is 1. The van der Waals surface area contributed by atoms with E-state index in [0.29, 0.717) is 23.7 Å². The monoisotopic (exact) mass is 497 g/mol. The Labute approximate surface area is 198 Å². The zero-order chi connectivity index (χ0) is 24.2. The van der Waals surface area contributed by atoms with Gasteiger partial charge in [0.2, 0.25) is 5.83 Å². The molecule has 2 aromatic rings. The number of aromatic nitrogens is 1. The van der Waals surface area contributed by atoms with Crippen molar-refractivity contribution in [2.75, 3.05) is 24.7 Å². The molecule has 1 atom stereocenters. The summed E-state index contributed by atoms with van der Waals surface area (Å²) in [6.45, 7) is 2.57. The quantitative estimate of drug-likeness (QED) is 0.239. The van der Waals surface area contributed by atoms with Crippen molar-refractivity contribution >= 4 is 40.0 Å².